The van der Waals surface area contributed by atoms with Crippen molar-refractivity contribution in [2.24, 2.45) is 0 Å². The second-order valence-electron chi connectivity index (χ2n) is 8.02. The van der Waals surface area contributed by atoms with Crippen LogP contribution in [-0.4, -0.2) is 20.5 Å². The molecule has 0 saturated heterocycles. The summed E-state index contributed by atoms with van der Waals surface area (Å²) in [6, 6.07) is 12.6. The molecule has 0 unspecified atom stereocenters. The van der Waals surface area contributed by atoms with E-state index >= 15 is 0 Å². The van der Waals surface area contributed by atoms with E-state index in [1.165, 1.54) is 29.5 Å². The first-order valence-electron chi connectivity index (χ1n) is 10.2. The zero-order chi connectivity index (χ0) is 20.5. The van der Waals surface area contributed by atoms with Crippen molar-refractivity contribution < 1.29 is 4.79 Å². The van der Waals surface area contributed by atoms with E-state index in [1.807, 2.05) is 13.0 Å². The normalized spacial score (nSPS) is 13.7. The molecule has 1 fully saturated rings. The molecular formula is C24H27N3OS. The highest BCUT2D eigenvalue weighted by Gasteiger charge is 2.30. The fourth-order valence-electron chi connectivity index (χ4n) is 4.09. The molecule has 0 bridgehead atoms. The monoisotopic (exact) mass is 405 g/mol. The van der Waals surface area contributed by atoms with E-state index < -0.39 is 0 Å². The van der Waals surface area contributed by atoms with Crippen LogP contribution in [0.15, 0.2) is 41.6 Å². The maximum atomic E-state index is 12.1. The molecule has 0 atom stereocenters. The molecule has 5 heteroatoms. The zero-order valence-electron chi connectivity index (χ0n) is 17.5. The predicted molar refractivity (Wildman–Crippen MR) is 118 cm³/mol. The topological polar surface area (TPSA) is 47.8 Å². The first kappa shape index (κ1) is 19.9. The van der Waals surface area contributed by atoms with Gasteiger partial charge in [-0.3, -0.25) is 4.79 Å². The van der Waals surface area contributed by atoms with Crippen LogP contribution in [-0.2, 0) is 12.3 Å². The molecule has 0 aliphatic heterocycles. The van der Waals surface area contributed by atoms with Crippen LogP contribution >= 0.6 is 11.8 Å². The fourth-order valence-corrected chi connectivity index (χ4v) is 5.22. The molecule has 2 aromatic carbocycles. The lowest BCUT2D eigenvalue weighted by molar-refractivity contribution is 0.101. The van der Waals surface area contributed by atoms with Crippen molar-refractivity contribution in [3.63, 3.8) is 0 Å². The Morgan fingerprint density at radius 1 is 1.10 bits per heavy atom. The number of ketones is 1. The fraction of sp³-hybridized carbons (Fsp3) is 0.375. The van der Waals surface area contributed by atoms with Crippen molar-refractivity contribution in [3.05, 3.63) is 75.6 Å². The van der Waals surface area contributed by atoms with Gasteiger partial charge in [0.15, 0.2) is 10.9 Å². The van der Waals surface area contributed by atoms with Crippen molar-refractivity contribution in [2.45, 2.75) is 63.9 Å². The Balaban J connectivity index is 1.63. The number of rotatable bonds is 7. The van der Waals surface area contributed by atoms with Gasteiger partial charge in [0.1, 0.15) is 5.82 Å². The molecule has 1 aromatic heterocycles. The summed E-state index contributed by atoms with van der Waals surface area (Å²) in [5.41, 5.74) is 6.74. The predicted octanol–water partition coefficient (Wildman–Crippen LogP) is 5.62. The molecule has 3 aromatic rings. The summed E-state index contributed by atoms with van der Waals surface area (Å²) < 4.78 is 2.28. The molecule has 1 aliphatic carbocycles. The molecule has 0 radical (unpaired) electrons. The minimum absolute atomic E-state index is 0.134. The van der Waals surface area contributed by atoms with Crippen LogP contribution in [0.1, 0.15) is 69.7 Å². The largest absolute Gasteiger partial charge is 0.301 e. The Morgan fingerprint density at radius 3 is 2.48 bits per heavy atom. The lowest BCUT2D eigenvalue weighted by atomic mass is 9.92. The van der Waals surface area contributed by atoms with Crippen LogP contribution in [0.5, 0.6) is 0 Å². The van der Waals surface area contributed by atoms with Gasteiger partial charge in [-0.05, 0) is 68.4 Å². The quantitative estimate of drug-likeness (QED) is 0.378. The highest BCUT2D eigenvalue weighted by atomic mass is 32.2. The summed E-state index contributed by atoms with van der Waals surface area (Å²) in [7, 11) is 0. The number of benzene rings is 2. The Hall–Kier alpha value is -2.40. The highest BCUT2D eigenvalue weighted by Crippen LogP contribution is 2.40. The number of carbonyl (C=O) groups is 1. The summed E-state index contributed by atoms with van der Waals surface area (Å²) in [5, 5.41) is 10.0. The van der Waals surface area contributed by atoms with Crippen LogP contribution in [0, 0.1) is 20.8 Å². The summed E-state index contributed by atoms with van der Waals surface area (Å²) in [6.45, 7) is 8.67. The number of aromatic nitrogens is 3. The van der Waals surface area contributed by atoms with Gasteiger partial charge in [-0.15, -0.1) is 10.2 Å². The lowest BCUT2D eigenvalue weighted by Crippen LogP contribution is -2.07. The molecule has 4 rings (SSSR count). The van der Waals surface area contributed by atoms with Crippen molar-refractivity contribution in [3.8, 4) is 0 Å². The second kappa shape index (κ2) is 8.15. The highest BCUT2D eigenvalue weighted by molar-refractivity contribution is 7.98. The second-order valence-corrected chi connectivity index (χ2v) is 8.96. The van der Waals surface area contributed by atoms with E-state index in [1.54, 1.807) is 18.7 Å². The van der Waals surface area contributed by atoms with Gasteiger partial charge in [-0.25, -0.2) is 0 Å². The molecule has 150 valence electrons. The first-order chi connectivity index (χ1) is 14.0. The van der Waals surface area contributed by atoms with Crippen LogP contribution in [0.4, 0.5) is 0 Å². The molecule has 0 N–H and O–H groups in total. The number of aryl methyl sites for hydroxylation is 2. The third-order valence-electron chi connectivity index (χ3n) is 5.70. The van der Waals surface area contributed by atoms with Crippen LogP contribution < -0.4 is 0 Å². The van der Waals surface area contributed by atoms with E-state index in [9.17, 15) is 4.79 Å². The molecule has 0 amide bonds. The molecule has 0 spiro atoms. The number of Topliss-reactive ketones (excluding diaryl/α,β-unsaturated/α-hetero) is 1. The van der Waals surface area contributed by atoms with Gasteiger partial charge in [0, 0.05) is 17.2 Å². The molecular weight excluding hydrogens is 378 g/mol. The zero-order valence-corrected chi connectivity index (χ0v) is 18.3. The average molecular weight is 406 g/mol. The van der Waals surface area contributed by atoms with Gasteiger partial charge in [0.2, 0.25) is 0 Å². The van der Waals surface area contributed by atoms with Gasteiger partial charge in [0.05, 0.1) is 6.54 Å². The van der Waals surface area contributed by atoms with Crippen LogP contribution in [0.3, 0.4) is 0 Å². The molecule has 29 heavy (non-hydrogen) atoms. The number of thioether (sulfide) groups is 1. The van der Waals surface area contributed by atoms with Crippen molar-refractivity contribution in [1.29, 1.82) is 0 Å². The summed E-state index contributed by atoms with van der Waals surface area (Å²) in [4.78, 5) is 12.1. The SMILES string of the molecule is CC(=O)c1c(C)cc(C)c(CSc2nnc(C3CC3)n2Cc2ccccc2)c1C. The summed E-state index contributed by atoms with van der Waals surface area (Å²) >= 11 is 1.72. The Kier molecular flexibility index (Phi) is 5.59. The van der Waals surface area contributed by atoms with Gasteiger partial charge in [-0.1, -0.05) is 48.2 Å². The van der Waals surface area contributed by atoms with E-state index in [2.05, 4.69) is 58.9 Å². The van der Waals surface area contributed by atoms with Gasteiger partial charge in [0.25, 0.3) is 0 Å². The minimum atomic E-state index is 0.134. The van der Waals surface area contributed by atoms with Gasteiger partial charge < -0.3 is 4.57 Å². The Morgan fingerprint density at radius 2 is 1.83 bits per heavy atom. The standard InChI is InChI=1S/C24H27N3OS/c1-15-12-16(2)22(18(4)28)17(3)21(15)14-29-24-26-25-23(20-10-11-20)27(24)13-19-8-6-5-7-9-19/h5-9,12,20H,10-11,13-14H2,1-4H3. The van der Waals surface area contributed by atoms with Crippen molar-refractivity contribution in [2.75, 3.05) is 0 Å². The minimum Gasteiger partial charge on any atom is -0.301 e. The third-order valence-corrected chi connectivity index (χ3v) is 6.69. The average Bonchev–Trinajstić information content (AvgIpc) is 3.44. The molecule has 1 heterocycles. The number of nitrogens with zero attached hydrogens (tertiary/aromatic N) is 3. The Bertz CT molecular complexity index is 1050. The van der Waals surface area contributed by atoms with E-state index in [4.69, 9.17) is 0 Å². The maximum Gasteiger partial charge on any atom is 0.191 e. The van der Waals surface area contributed by atoms with E-state index in [0.29, 0.717) is 5.92 Å². The van der Waals surface area contributed by atoms with E-state index in [0.717, 1.165) is 40.0 Å². The molecule has 1 saturated carbocycles. The van der Waals surface area contributed by atoms with Crippen molar-refractivity contribution in [1.82, 2.24) is 14.8 Å². The van der Waals surface area contributed by atoms with Crippen molar-refractivity contribution >= 4 is 17.5 Å². The third kappa shape index (κ3) is 4.15. The van der Waals surface area contributed by atoms with E-state index in [-0.39, 0.29) is 5.78 Å². The van der Waals surface area contributed by atoms with Crippen LogP contribution in [0.25, 0.3) is 0 Å². The summed E-state index contributed by atoms with van der Waals surface area (Å²) in [5.74, 6) is 2.58. The van der Waals surface area contributed by atoms with Gasteiger partial charge in [-0.2, -0.15) is 0 Å². The van der Waals surface area contributed by atoms with Gasteiger partial charge >= 0.3 is 0 Å². The number of carbonyl (C=O) groups excluding carboxylic acids is 1. The smallest absolute Gasteiger partial charge is 0.191 e. The number of hydrogen-bond acceptors (Lipinski definition) is 4. The van der Waals surface area contributed by atoms with Crippen LogP contribution in [0.2, 0.25) is 0 Å². The lowest BCUT2D eigenvalue weighted by Gasteiger charge is -2.16. The maximum absolute atomic E-state index is 12.1. The Labute approximate surface area is 176 Å². The molecule has 1 aliphatic rings. The molecule has 4 nitrogen and oxygen atoms in total. The number of hydrogen-bond donors (Lipinski definition) is 0. The first-order valence-corrected chi connectivity index (χ1v) is 11.1. The summed E-state index contributed by atoms with van der Waals surface area (Å²) in [6.07, 6.45) is 2.41.